The van der Waals surface area contributed by atoms with Crippen LogP contribution in [0.25, 0.3) is 0 Å². The highest BCUT2D eigenvalue weighted by atomic mass is 35.5. The van der Waals surface area contributed by atoms with Crippen molar-refractivity contribution < 1.29 is 27.5 Å². The highest BCUT2D eigenvalue weighted by Gasteiger charge is 2.33. The molecule has 2 fully saturated rings. The van der Waals surface area contributed by atoms with Gasteiger partial charge in [0.25, 0.3) is 0 Å². The molecule has 2 saturated heterocycles. The number of aromatic nitrogens is 1. The molecule has 1 N–H and O–H groups in total. The molecule has 1 aromatic heterocycles. The lowest BCUT2D eigenvalue weighted by Crippen LogP contribution is -2.42. The van der Waals surface area contributed by atoms with Crippen molar-refractivity contribution in [1.29, 1.82) is 0 Å². The molecule has 3 rings (SSSR count). The lowest BCUT2D eigenvalue weighted by Gasteiger charge is -2.33. The van der Waals surface area contributed by atoms with E-state index in [1.807, 2.05) is 0 Å². The zero-order valence-corrected chi connectivity index (χ0v) is 15.4. The van der Waals surface area contributed by atoms with E-state index in [9.17, 15) is 18.0 Å². The zero-order chi connectivity index (χ0) is 19.4. The molecule has 2 aliphatic rings. The number of amides is 1. The molecular formula is C17H21ClF3N3O3. The molecule has 0 radical (unpaired) electrons. The van der Waals surface area contributed by atoms with Crippen LogP contribution < -0.4 is 10.4 Å². The second-order valence-electron chi connectivity index (χ2n) is 6.67. The number of carbonyl (C=O) groups excluding carboxylic acids is 1. The molecule has 0 aliphatic carbocycles. The molecule has 6 nitrogen and oxygen atoms in total. The second kappa shape index (κ2) is 8.62. The molecule has 10 heteroatoms. The van der Waals surface area contributed by atoms with E-state index in [1.54, 1.807) is 4.90 Å². The number of pyridine rings is 1. The van der Waals surface area contributed by atoms with Crippen molar-refractivity contribution in [2.24, 2.45) is 5.92 Å². The second-order valence-corrected chi connectivity index (χ2v) is 7.08. The van der Waals surface area contributed by atoms with Crippen molar-refractivity contribution in [3.05, 3.63) is 22.8 Å². The summed E-state index contributed by atoms with van der Waals surface area (Å²) in [5, 5.41) is -0.0505. The number of hydroxylamine groups is 1. The smallest absolute Gasteiger partial charge is 0.355 e. The number of alkyl halides is 3. The van der Waals surface area contributed by atoms with Gasteiger partial charge in [0.1, 0.15) is 5.82 Å². The van der Waals surface area contributed by atoms with Gasteiger partial charge in [-0.1, -0.05) is 11.6 Å². The summed E-state index contributed by atoms with van der Waals surface area (Å²) in [7, 11) is 0. The third-order valence-electron chi connectivity index (χ3n) is 4.74. The summed E-state index contributed by atoms with van der Waals surface area (Å²) in [6, 6.07) is 0.876. The number of piperidine rings is 1. The van der Waals surface area contributed by atoms with Crippen LogP contribution in [0.1, 0.15) is 37.7 Å². The van der Waals surface area contributed by atoms with E-state index in [2.05, 4.69) is 10.5 Å². The third kappa shape index (κ3) is 5.24. The fourth-order valence-electron chi connectivity index (χ4n) is 3.18. The van der Waals surface area contributed by atoms with Gasteiger partial charge in [-0.25, -0.2) is 15.3 Å². The maximum atomic E-state index is 12.7. The Labute approximate surface area is 159 Å². The number of ether oxygens (including phenoxy) is 1. The number of halogens is 4. The zero-order valence-electron chi connectivity index (χ0n) is 14.6. The van der Waals surface area contributed by atoms with Gasteiger partial charge < -0.3 is 9.64 Å². The fourth-order valence-corrected chi connectivity index (χ4v) is 3.47. The highest BCUT2D eigenvalue weighted by Crippen LogP contribution is 2.34. The molecule has 0 spiro atoms. The first kappa shape index (κ1) is 20.2. The Morgan fingerprint density at radius 2 is 2.04 bits per heavy atom. The van der Waals surface area contributed by atoms with E-state index in [-0.39, 0.29) is 16.8 Å². The summed E-state index contributed by atoms with van der Waals surface area (Å²) in [6.45, 7) is 1.56. The Kier molecular flexibility index (Phi) is 6.44. The molecular weight excluding hydrogens is 387 g/mol. The summed E-state index contributed by atoms with van der Waals surface area (Å²) in [6.07, 6.45) is -0.318. The van der Waals surface area contributed by atoms with Crippen LogP contribution in [0.3, 0.4) is 0 Å². The molecule has 0 unspecified atom stereocenters. The molecule has 1 atom stereocenters. The minimum absolute atomic E-state index is 0.0505. The van der Waals surface area contributed by atoms with Gasteiger partial charge in [0, 0.05) is 38.2 Å². The van der Waals surface area contributed by atoms with Crippen molar-refractivity contribution >= 4 is 23.3 Å². The SMILES string of the molecule is O=C(NO[C@@H]1CCCCO1)C1CCN(c2ncc(C(F)(F)F)cc2Cl)CC1. The average molecular weight is 408 g/mol. The lowest BCUT2D eigenvalue weighted by molar-refractivity contribution is -0.202. The number of hydrogen-bond acceptors (Lipinski definition) is 5. The van der Waals surface area contributed by atoms with E-state index in [1.165, 1.54) is 0 Å². The Balaban J connectivity index is 1.50. The number of anilines is 1. The number of nitrogens with one attached hydrogen (secondary N) is 1. The van der Waals surface area contributed by atoms with Crippen molar-refractivity contribution in [2.75, 3.05) is 24.6 Å². The topological polar surface area (TPSA) is 63.7 Å². The van der Waals surface area contributed by atoms with E-state index in [0.717, 1.165) is 31.5 Å². The van der Waals surface area contributed by atoms with E-state index < -0.39 is 18.0 Å². The Morgan fingerprint density at radius 3 is 2.63 bits per heavy atom. The molecule has 1 aromatic rings. The normalized spacial score (nSPS) is 21.9. The van der Waals surface area contributed by atoms with Gasteiger partial charge in [-0.2, -0.15) is 13.2 Å². The maximum absolute atomic E-state index is 12.7. The number of rotatable bonds is 4. The monoisotopic (exact) mass is 407 g/mol. The van der Waals surface area contributed by atoms with Crippen LogP contribution >= 0.6 is 11.6 Å². The van der Waals surface area contributed by atoms with Gasteiger partial charge >= 0.3 is 6.18 Å². The van der Waals surface area contributed by atoms with Crippen LogP contribution in [0, 0.1) is 5.92 Å². The Hall–Kier alpha value is -1.58. The summed E-state index contributed by atoms with van der Waals surface area (Å²) in [4.78, 5) is 23.2. The maximum Gasteiger partial charge on any atom is 0.417 e. The quantitative estimate of drug-likeness (QED) is 0.773. The Morgan fingerprint density at radius 1 is 1.30 bits per heavy atom. The van der Waals surface area contributed by atoms with E-state index in [4.69, 9.17) is 21.2 Å². The lowest BCUT2D eigenvalue weighted by atomic mass is 9.96. The van der Waals surface area contributed by atoms with Gasteiger partial charge in [0.05, 0.1) is 10.6 Å². The van der Waals surface area contributed by atoms with Gasteiger partial charge in [-0.15, -0.1) is 0 Å². The average Bonchev–Trinajstić information content (AvgIpc) is 2.66. The Bertz CT molecular complexity index is 661. The van der Waals surface area contributed by atoms with E-state index in [0.29, 0.717) is 38.4 Å². The largest absolute Gasteiger partial charge is 0.417 e. The third-order valence-corrected chi connectivity index (χ3v) is 5.02. The molecule has 1 amide bonds. The first-order chi connectivity index (χ1) is 12.8. The van der Waals surface area contributed by atoms with Gasteiger partial charge in [-0.3, -0.25) is 4.79 Å². The molecule has 27 heavy (non-hydrogen) atoms. The fraction of sp³-hybridized carbons (Fsp3) is 0.647. The predicted octanol–water partition coefficient (Wildman–Crippen LogP) is 3.54. The minimum Gasteiger partial charge on any atom is -0.355 e. The summed E-state index contributed by atoms with van der Waals surface area (Å²) in [5.41, 5.74) is 1.58. The van der Waals surface area contributed by atoms with Crippen LogP contribution in [0.2, 0.25) is 5.02 Å². The van der Waals surface area contributed by atoms with Crippen LogP contribution in [0.4, 0.5) is 19.0 Å². The number of nitrogens with zero attached hydrogens (tertiary/aromatic N) is 2. The van der Waals surface area contributed by atoms with Gasteiger partial charge in [0.15, 0.2) is 6.29 Å². The summed E-state index contributed by atoms with van der Waals surface area (Å²) < 4.78 is 43.5. The van der Waals surface area contributed by atoms with Crippen LogP contribution in [0.5, 0.6) is 0 Å². The molecule has 3 heterocycles. The van der Waals surface area contributed by atoms with Crippen molar-refractivity contribution in [2.45, 2.75) is 44.6 Å². The van der Waals surface area contributed by atoms with Crippen molar-refractivity contribution in [3.8, 4) is 0 Å². The standard InChI is InChI=1S/C17H21ClF3N3O3/c18-13-9-12(17(19,20)21)10-22-15(13)24-6-4-11(5-7-24)16(25)23-27-14-3-1-2-8-26-14/h9-11,14H,1-8H2,(H,23,25)/t14-/m1/s1. The first-order valence-electron chi connectivity index (χ1n) is 8.89. The predicted molar refractivity (Wildman–Crippen MR) is 92.0 cm³/mol. The van der Waals surface area contributed by atoms with Crippen LogP contribution in [-0.4, -0.2) is 36.9 Å². The van der Waals surface area contributed by atoms with Crippen molar-refractivity contribution in [3.63, 3.8) is 0 Å². The van der Waals surface area contributed by atoms with E-state index >= 15 is 0 Å². The highest BCUT2D eigenvalue weighted by molar-refractivity contribution is 6.33. The number of hydrogen-bond donors (Lipinski definition) is 1. The summed E-state index contributed by atoms with van der Waals surface area (Å²) >= 11 is 5.99. The van der Waals surface area contributed by atoms with Crippen molar-refractivity contribution in [1.82, 2.24) is 10.5 Å². The molecule has 0 aromatic carbocycles. The first-order valence-corrected chi connectivity index (χ1v) is 9.27. The molecule has 0 bridgehead atoms. The molecule has 150 valence electrons. The van der Waals surface area contributed by atoms with Crippen LogP contribution in [-0.2, 0) is 20.5 Å². The molecule has 0 saturated carbocycles. The van der Waals surface area contributed by atoms with Crippen LogP contribution in [0.15, 0.2) is 12.3 Å². The van der Waals surface area contributed by atoms with Gasteiger partial charge in [0.2, 0.25) is 5.91 Å². The summed E-state index contributed by atoms with van der Waals surface area (Å²) in [5.74, 6) is -0.149. The number of carbonyl (C=O) groups is 1. The van der Waals surface area contributed by atoms with Gasteiger partial charge in [-0.05, 0) is 31.7 Å². The minimum atomic E-state index is -4.48. The molecule has 2 aliphatic heterocycles.